The molecule has 0 aliphatic rings. The van der Waals surface area contributed by atoms with Gasteiger partial charge < -0.3 is 4.90 Å². The fourth-order valence-corrected chi connectivity index (χ4v) is 4.08. The number of carbonyl (C=O) groups is 1. The van der Waals surface area contributed by atoms with Crippen LogP contribution in [0.15, 0.2) is 47.4 Å². The Labute approximate surface area is 160 Å². The first-order valence-corrected chi connectivity index (χ1v) is 10.1. The third-order valence-electron chi connectivity index (χ3n) is 4.04. The molecule has 0 heterocycles. The van der Waals surface area contributed by atoms with Crippen molar-refractivity contribution >= 4 is 27.5 Å². The summed E-state index contributed by atoms with van der Waals surface area (Å²) in [6.07, 6.45) is 0.0745. The van der Waals surface area contributed by atoms with E-state index in [2.05, 4.69) is 4.72 Å². The second-order valence-electron chi connectivity index (χ2n) is 6.26. The van der Waals surface area contributed by atoms with Gasteiger partial charge in [0, 0.05) is 31.6 Å². The van der Waals surface area contributed by atoms with E-state index in [1.807, 2.05) is 31.2 Å². The second-order valence-corrected chi connectivity index (χ2v) is 8.40. The summed E-state index contributed by atoms with van der Waals surface area (Å²) >= 11 is 6.10. The standard InChI is InChI=1S/C19H23ClN2O3S/c1-14-8-9-18(15(2)12-14)26(24,25)21-11-10-19(23)22(3)13-16-6-4-5-7-17(16)20/h4-9,12,21H,10-11,13H2,1-3H3. The average Bonchev–Trinajstić information content (AvgIpc) is 2.56. The second kappa shape index (κ2) is 8.66. The zero-order valence-electron chi connectivity index (χ0n) is 15.1. The quantitative estimate of drug-likeness (QED) is 0.783. The van der Waals surface area contributed by atoms with Crippen LogP contribution in [-0.4, -0.2) is 32.8 Å². The lowest BCUT2D eigenvalue weighted by molar-refractivity contribution is -0.130. The van der Waals surface area contributed by atoms with Gasteiger partial charge in [0.05, 0.1) is 4.90 Å². The topological polar surface area (TPSA) is 66.5 Å². The van der Waals surface area contributed by atoms with E-state index >= 15 is 0 Å². The predicted octanol–water partition coefficient (Wildman–Crippen LogP) is 3.28. The van der Waals surface area contributed by atoms with Crippen molar-refractivity contribution in [2.24, 2.45) is 0 Å². The first kappa shape index (κ1) is 20.4. The number of hydrogen-bond donors (Lipinski definition) is 1. The molecule has 0 aromatic heterocycles. The summed E-state index contributed by atoms with van der Waals surface area (Å²) in [7, 11) is -1.97. The van der Waals surface area contributed by atoms with Crippen molar-refractivity contribution in [3.05, 3.63) is 64.2 Å². The minimum absolute atomic E-state index is 0.0430. The minimum Gasteiger partial charge on any atom is -0.341 e. The van der Waals surface area contributed by atoms with Crippen molar-refractivity contribution < 1.29 is 13.2 Å². The molecule has 0 fully saturated rings. The number of hydrogen-bond acceptors (Lipinski definition) is 3. The summed E-state index contributed by atoms with van der Waals surface area (Å²) in [4.78, 5) is 14.0. The van der Waals surface area contributed by atoms with E-state index in [1.54, 1.807) is 32.2 Å². The number of carbonyl (C=O) groups excluding carboxylic acids is 1. The highest BCUT2D eigenvalue weighted by Crippen LogP contribution is 2.17. The maximum Gasteiger partial charge on any atom is 0.240 e. The van der Waals surface area contributed by atoms with Crippen LogP contribution in [0.25, 0.3) is 0 Å². The number of nitrogens with zero attached hydrogens (tertiary/aromatic N) is 1. The van der Waals surface area contributed by atoms with Gasteiger partial charge in [0.2, 0.25) is 15.9 Å². The van der Waals surface area contributed by atoms with E-state index in [4.69, 9.17) is 11.6 Å². The third-order valence-corrected chi connectivity index (χ3v) is 6.03. The van der Waals surface area contributed by atoms with Crippen LogP contribution in [0.5, 0.6) is 0 Å². The number of nitrogens with one attached hydrogen (secondary N) is 1. The molecule has 2 aromatic rings. The van der Waals surface area contributed by atoms with E-state index in [0.717, 1.165) is 11.1 Å². The molecule has 0 radical (unpaired) electrons. The zero-order chi connectivity index (χ0) is 19.3. The number of benzene rings is 2. The molecule has 5 nitrogen and oxygen atoms in total. The van der Waals surface area contributed by atoms with Gasteiger partial charge in [-0.25, -0.2) is 13.1 Å². The van der Waals surface area contributed by atoms with E-state index in [9.17, 15) is 13.2 Å². The van der Waals surface area contributed by atoms with Crippen LogP contribution in [0, 0.1) is 13.8 Å². The van der Waals surface area contributed by atoms with Gasteiger partial charge in [-0.3, -0.25) is 4.79 Å². The van der Waals surface area contributed by atoms with Crippen LogP contribution in [0.1, 0.15) is 23.1 Å². The maximum atomic E-state index is 12.4. The zero-order valence-corrected chi connectivity index (χ0v) is 16.7. The Morgan fingerprint density at radius 2 is 1.85 bits per heavy atom. The summed E-state index contributed by atoms with van der Waals surface area (Å²) < 4.78 is 27.3. The van der Waals surface area contributed by atoms with E-state index < -0.39 is 10.0 Å². The van der Waals surface area contributed by atoms with Crippen molar-refractivity contribution in [3.8, 4) is 0 Å². The SMILES string of the molecule is Cc1ccc(S(=O)(=O)NCCC(=O)N(C)Cc2ccccc2Cl)c(C)c1. The molecule has 0 aliphatic heterocycles. The highest BCUT2D eigenvalue weighted by molar-refractivity contribution is 7.89. The number of aryl methyl sites for hydroxylation is 2. The monoisotopic (exact) mass is 394 g/mol. The summed E-state index contributed by atoms with van der Waals surface area (Å²) in [6.45, 7) is 4.08. The molecule has 0 aliphatic carbocycles. The van der Waals surface area contributed by atoms with Gasteiger partial charge >= 0.3 is 0 Å². The third kappa shape index (κ3) is 5.30. The van der Waals surface area contributed by atoms with Crippen LogP contribution >= 0.6 is 11.6 Å². The van der Waals surface area contributed by atoms with Gasteiger partial charge in [-0.15, -0.1) is 0 Å². The fourth-order valence-electron chi connectivity index (χ4n) is 2.63. The van der Waals surface area contributed by atoms with Crippen molar-refractivity contribution in [1.82, 2.24) is 9.62 Å². The molecule has 1 N–H and O–H groups in total. The molecule has 2 aromatic carbocycles. The Hall–Kier alpha value is -1.89. The molecule has 0 saturated heterocycles. The molecule has 0 atom stereocenters. The number of halogens is 1. The molecule has 0 unspecified atom stereocenters. The van der Waals surface area contributed by atoms with E-state index in [-0.39, 0.29) is 23.8 Å². The fraction of sp³-hybridized carbons (Fsp3) is 0.316. The normalized spacial score (nSPS) is 11.4. The largest absolute Gasteiger partial charge is 0.341 e. The Morgan fingerprint density at radius 1 is 1.15 bits per heavy atom. The molecule has 0 saturated carbocycles. The van der Waals surface area contributed by atoms with Crippen LogP contribution < -0.4 is 4.72 Å². The lowest BCUT2D eigenvalue weighted by Crippen LogP contribution is -2.32. The molecule has 0 spiro atoms. The molecule has 2 rings (SSSR count). The predicted molar refractivity (Wildman–Crippen MR) is 104 cm³/mol. The molecular formula is C19H23ClN2O3S. The van der Waals surface area contributed by atoms with E-state index in [1.165, 1.54) is 4.90 Å². The van der Waals surface area contributed by atoms with Crippen molar-refractivity contribution in [2.75, 3.05) is 13.6 Å². The average molecular weight is 395 g/mol. The van der Waals surface area contributed by atoms with Gasteiger partial charge in [0.25, 0.3) is 0 Å². The van der Waals surface area contributed by atoms with Crippen LogP contribution in [0.2, 0.25) is 5.02 Å². The van der Waals surface area contributed by atoms with Gasteiger partial charge in [-0.05, 0) is 37.1 Å². The number of amides is 1. The van der Waals surface area contributed by atoms with Gasteiger partial charge in [0.15, 0.2) is 0 Å². The number of rotatable bonds is 7. The molecule has 7 heteroatoms. The first-order valence-electron chi connectivity index (χ1n) is 8.25. The van der Waals surface area contributed by atoms with Gasteiger partial charge in [0.1, 0.15) is 0 Å². The van der Waals surface area contributed by atoms with Crippen molar-refractivity contribution in [1.29, 1.82) is 0 Å². The Bertz CT molecular complexity index is 897. The molecular weight excluding hydrogens is 372 g/mol. The lowest BCUT2D eigenvalue weighted by atomic mass is 10.2. The van der Waals surface area contributed by atoms with Gasteiger partial charge in [-0.1, -0.05) is 47.5 Å². The summed E-state index contributed by atoms with van der Waals surface area (Å²) in [5, 5.41) is 0.600. The summed E-state index contributed by atoms with van der Waals surface area (Å²) in [5.74, 6) is -0.159. The molecule has 0 bridgehead atoms. The molecule has 140 valence electrons. The smallest absolute Gasteiger partial charge is 0.240 e. The summed E-state index contributed by atoms with van der Waals surface area (Å²) in [5.41, 5.74) is 2.53. The van der Waals surface area contributed by atoms with Crippen LogP contribution in [0.4, 0.5) is 0 Å². The highest BCUT2D eigenvalue weighted by Gasteiger charge is 2.18. The minimum atomic E-state index is -3.64. The highest BCUT2D eigenvalue weighted by atomic mass is 35.5. The molecule has 26 heavy (non-hydrogen) atoms. The van der Waals surface area contributed by atoms with Crippen molar-refractivity contribution in [3.63, 3.8) is 0 Å². The van der Waals surface area contributed by atoms with Gasteiger partial charge in [-0.2, -0.15) is 0 Å². The number of sulfonamides is 1. The molecule has 1 amide bonds. The van der Waals surface area contributed by atoms with Crippen molar-refractivity contribution in [2.45, 2.75) is 31.7 Å². The first-order chi connectivity index (χ1) is 12.2. The maximum absolute atomic E-state index is 12.4. The Kier molecular flexibility index (Phi) is 6.81. The lowest BCUT2D eigenvalue weighted by Gasteiger charge is -2.18. The van der Waals surface area contributed by atoms with E-state index in [0.29, 0.717) is 17.1 Å². The summed E-state index contributed by atoms with van der Waals surface area (Å²) in [6, 6.07) is 12.5. The van der Waals surface area contributed by atoms with Crippen LogP contribution in [-0.2, 0) is 21.4 Å². The Morgan fingerprint density at radius 3 is 2.50 bits per heavy atom. The van der Waals surface area contributed by atoms with Crippen LogP contribution in [0.3, 0.4) is 0 Å². The Balaban J connectivity index is 1.92.